The number of benzene rings is 1. The molecular formula is C24H31N3O3. The van der Waals surface area contributed by atoms with Crippen molar-refractivity contribution in [3.8, 4) is 5.69 Å². The fourth-order valence-corrected chi connectivity index (χ4v) is 4.61. The van der Waals surface area contributed by atoms with E-state index in [1.54, 1.807) is 0 Å². The Morgan fingerprint density at radius 1 is 1.13 bits per heavy atom. The highest BCUT2D eigenvalue weighted by molar-refractivity contribution is 5.94. The smallest absolute Gasteiger partial charge is 0.312 e. The Bertz CT molecular complexity index is 920. The van der Waals surface area contributed by atoms with Crippen LogP contribution in [0.15, 0.2) is 30.3 Å². The summed E-state index contributed by atoms with van der Waals surface area (Å²) in [5, 5.41) is 4.50. The van der Waals surface area contributed by atoms with Crippen LogP contribution in [0.4, 0.5) is 0 Å². The Morgan fingerprint density at radius 3 is 2.33 bits per heavy atom. The van der Waals surface area contributed by atoms with E-state index in [4.69, 9.17) is 4.74 Å². The molecule has 160 valence electrons. The lowest BCUT2D eigenvalue weighted by molar-refractivity contribution is -0.159. The van der Waals surface area contributed by atoms with E-state index in [0.29, 0.717) is 44.0 Å². The van der Waals surface area contributed by atoms with Gasteiger partial charge < -0.3 is 9.64 Å². The number of ether oxygens (including phenoxy) is 1. The first-order valence-electron chi connectivity index (χ1n) is 11.0. The molecule has 1 amide bonds. The molecule has 1 aliphatic carbocycles. The van der Waals surface area contributed by atoms with Crippen LogP contribution in [0.25, 0.3) is 5.69 Å². The maximum atomic E-state index is 13.0. The van der Waals surface area contributed by atoms with Crippen molar-refractivity contribution in [3.05, 3.63) is 47.3 Å². The van der Waals surface area contributed by atoms with Gasteiger partial charge in [-0.3, -0.25) is 9.59 Å². The highest BCUT2D eigenvalue weighted by atomic mass is 16.5. The molecule has 6 nitrogen and oxygen atoms in total. The molecule has 30 heavy (non-hydrogen) atoms. The minimum absolute atomic E-state index is 0.0267. The predicted octanol–water partition coefficient (Wildman–Crippen LogP) is 4.07. The molecule has 0 unspecified atom stereocenters. The molecule has 2 fully saturated rings. The number of carbonyl (C=O) groups is 2. The van der Waals surface area contributed by atoms with Crippen LogP contribution >= 0.6 is 0 Å². The second-order valence-corrected chi connectivity index (χ2v) is 8.83. The Hall–Kier alpha value is -2.63. The molecule has 0 N–H and O–H groups in total. The van der Waals surface area contributed by atoms with E-state index in [1.807, 2.05) is 60.7 Å². The van der Waals surface area contributed by atoms with Gasteiger partial charge in [0.2, 0.25) is 0 Å². The van der Waals surface area contributed by atoms with E-state index in [0.717, 1.165) is 23.5 Å². The fourth-order valence-electron chi connectivity index (χ4n) is 4.61. The number of hydrogen-bond acceptors (Lipinski definition) is 4. The fraction of sp³-hybridized carbons (Fsp3) is 0.542. The monoisotopic (exact) mass is 409 g/mol. The topological polar surface area (TPSA) is 64.4 Å². The third kappa shape index (κ3) is 4.13. The number of aromatic nitrogens is 2. The van der Waals surface area contributed by atoms with Gasteiger partial charge in [0.05, 0.1) is 23.4 Å². The Labute approximate surface area is 178 Å². The van der Waals surface area contributed by atoms with Crippen molar-refractivity contribution >= 4 is 11.9 Å². The Kier molecular flexibility index (Phi) is 5.67. The highest BCUT2D eigenvalue weighted by Gasteiger charge is 2.46. The van der Waals surface area contributed by atoms with Crippen molar-refractivity contribution in [2.75, 3.05) is 19.7 Å². The van der Waals surface area contributed by atoms with E-state index in [2.05, 4.69) is 5.10 Å². The normalized spacial score (nSPS) is 18.3. The van der Waals surface area contributed by atoms with Gasteiger partial charge in [-0.1, -0.05) is 12.8 Å². The lowest BCUT2D eigenvalue weighted by Crippen LogP contribution is -2.47. The molecule has 0 atom stereocenters. The maximum Gasteiger partial charge on any atom is 0.312 e. The zero-order valence-electron chi connectivity index (χ0n) is 18.2. The van der Waals surface area contributed by atoms with Crippen molar-refractivity contribution in [2.24, 2.45) is 11.3 Å². The minimum atomic E-state index is -0.409. The van der Waals surface area contributed by atoms with Gasteiger partial charge in [0, 0.05) is 24.3 Å². The van der Waals surface area contributed by atoms with Gasteiger partial charge >= 0.3 is 5.97 Å². The highest BCUT2D eigenvalue weighted by Crippen LogP contribution is 2.46. The standard InChI is InChI=1S/C24H31N3O3/c1-4-30-23(29)24(16-19-5-6-19)11-13-26(14-12-24)22(28)20-7-9-21(10-8-20)27-18(3)15-17(2)25-27/h7-10,15,19H,4-6,11-14,16H2,1-3H3. The van der Waals surface area contributed by atoms with Gasteiger partial charge in [-0.25, -0.2) is 4.68 Å². The summed E-state index contributed by atoms with van der Waals surface area (Å²) in [5.74, 6) is 0.607. The molecule has 1 aromatic carbocycles. The summed E-state index contributed by atoms with van der Waals surface area (Å²) >= 11 is 0. The van der Waals surface area contributed by atoms with Crippen LogP contribution in [-0.4, -0.2) is 46.3 Å². The van der Waals surface area contributed by atoms with Crippen molar-refractivity contribution in [3.63, 3.8) is 0 Å². The lowest BCUT2D eigenvalue weighted by atomic mass is 9.74. The van der Waals surface area contributed by atoms with Crippen molar-refractivity contribution in [1.82, 2.24) is 14.7 Å². The number of aryl methyl sites for hydroxylation is 2. The van der Waals surface area contributed by atoms with Crippen LogP contribution in [-0.2, 0) is 9.53 Å². The number of rotatable bonds is 6. The Morgan fingerprint density at radius 2 is 1.80 bits per heavy atom. The van der Waals surface area contributed by atoms with E-state index < -0.39 is 5.41 Å². The molecule has 0 bridgehead atoms. The largest absolute Gasteiger partial charge is 0.466 e. The summed E-state index contributed by atoms with van der Waals surface area (Å²) in [5.41, 5.74) is 3.24. The number of hydrogen-bond donors (Lipinski definition) is 0. The lowest BCUT2D eigenvalue weighted by Gasteiger charge is -2.40. The molecule has 6 heteroatoms. The van der Waals surface area contributed by atoms with Crippen molar-refractivity contribution in [2.45, 2.75) is 52.9 Å². The molecule has 1 aliphatic heterocycles. The average Bonchev–Trinajstić information content (AvgIpc) is 3.49. The SMILES string of the molecule is CCOC(=O)C1(CC2CC2)CCN(C(=O)c2ccc(-n3nc(C)cc3C)cc2)CC1. The molecule has 2 aromatic rings. The van der Waals surface area contributed by atoms with E-state index in [1.165, 1.54) is 12.8 Å². The van der Waals surface area contributed by atoms with Crippen LogP contribution in [0, 0.1) is 25.2 Å². The number of nitrogens with zero attached hydrogens (tertiary/aromatic N) is 3. The molecule has 1 saturated heterocycles. The zero-order valence-corrected chi connectivity index (χ0v) is 18.2. The third-order valence-corrected chi connectivity index (χ3v) is 6.46. The second-order valence-electron chi connectivity index (χ2n) is 8.83. The van der Waals surface area contributed by atoms with Gasteiger partial charge in [-0.15, -0.1) is 0 Å². The summed E-state index contributed by atoms with van der Waals surface area (Å²) in [6.07, 6.45) is 4.72. The van der Waals surface area contributed by atoms with Crippen molar-refractivity contribution < 1.29 is 14.3 Å². The molecule has 4 rings (SSSR count). The number of likely N-dealkylation sites (tertiary alicyclic amines) is 1. The maximum absolute atomic E-state index is 13.0. The van der Waals surface area contributed by atoms with Crippen LogP contribution < -0.4 is 0 Å². The number of piperidine rings is 1. The van der Waals surface area contributed by atoms with Gasteiger partial charge in [0.1, 0.15) is 0 Å². The van der Waals surface area contributed by atoms with Gasteiger partial charge in [-0.2, -0.15) is 5.10 Å². The molecule has 1 saturated carbocycles. The summed E-state index contributed by atoms with van der Waals surface area (Å²) in [6.45, 7) is 7.46. The average molecular weight is 410 g/mol. The molecule has 1 aromatic heterocycles. The zero-order chi connectivity index (χ0) is 21.3. The summed E-state index contributed by atoms with van der Waals surface area (Å²) in [4.78, 5) is 27.6. The van der Waals surface area contributed by atoms with Crippen LogP contribution in [0.1, 0.15) is 60.8 Å². The summed E-state index contributed by atoms with van der Waals surface area (Å²) in [6, 6.07) is 9.64. The summed E-state index contributed by atoms with van der Waals surface area (Å²) < 4.78 is 7.29. The quantitative estimate of drug-likeness (QED) is 0.675. The van der Waals surface area contributed by atoms with E-state index >= 15 is 0 Å². The van der Waals surface area contributed by atoms with Gasteiger partial charge in [-0.05, 0) is 76.3 Å². The van der Waals surface area contributed by atoms with Crippen LogP contribution in [0.2, 0.25) is 0 Å². The van der Waals surface area contributed by atoms with E-state index in [-0.39, 0.29) is 11.9 Å². The van der Waals surface area contributed by atoms with E-state index in [9.17, 15) is 9.59 Å². The molecule has 0 spiro atoms. The van der Waals surface area contributed by atoms with Gasteiger partial charge in [0.25, 0.3) is 5.91 Å². The number of esters is 1. The first-order valence-corrected chi connectivity index (χ1v) is 11.0. The molecular weight excluding hydrogens is 378 g/mol. The van der Waals surface area contributed by atoms with Crippen molar-refractivity contribution in [1.29, 1.82) is 0 Å². The number of amides is 1. The first-order chi connectivity index (χ1) is 14.4. The molecule has 2 heterocycles. The minimum Gasteiger partial charge on any atom is -0.466 e. The number of carbonyl (C=O) groups excluding carboxylic acids is 2. The molecule has 0 radical (unpaired) electrons. The summed E-state index contributed by atoms with van der Waals surface area (Å²) in [7, 11) is 0. The first kappa shape index (κ1) is 20.6. The third-order valence-electron chi connectivity index (χ3n) is 6.46. The predicted molar refractivity (Wildman–Crippen MR) is 115 cm³/mol. The van der Waals surface area contributed by atoms with Crippen LogP contribution in [0.3, 0.4) is 0 Å². The molecule has 2 aliphatic rings. The second kappa shape index (κ2) is 8.25. The van der Waals surface area contributed by atoms with Crippen LogP contribution in [0.5, 0.6) is 0 Å². The Balaban J connectivity index is 1.43. The van der Waals surface area contributed by atoms with Gasteiger partial charge in [0.15, 0.2) is 0 Å².